The second kappa shape index (κ2) is 7.09. The maximum atomic E-state index is 12.2. The molecule has 0 aliphatic carbocycles. The topological polar surface area (TPSA) is 43.4 Å². The molecule has 4 heteroatoms. The summed E-state index contributed by atoms with van der Waals surface area (Å²) in [5.41, 5.74) is 1.58. The molecule has 2 aromatic rings. The van der Waals surface area contributed by atoms with Gasteiger partial charge in [0, 0.05) is 5.25 Å². The molecule has 0 bridgehead atoms. The van der Waals surface area contributed by atoms with Gasteiger partial charge in [0.25, 0.3) is 0 Å². The van der Waals surface area contributed by atoms with Gasteiger partial charge in [-0.2, -0.15) is 12.6 Å². The van der Waals surface area contributed by atoms with Crippen LogP contribution >= 0.6 is 12.6 Å². The average molecular weight is 300 g/mol. The highest BCUT2D eigenvalue weighted by molar-refractivity contribution is 7.80. The quantitative estimate of drug-likeness (QED) is 0.533. The molecule has 0 heterocycles. The Labute approximate surface area is 129 Å². The van der Waals surface area contributed by atoms with E-state index in [0.717, 1.165) is 5.56 Å². The number of ether oxygens (including phenoxy) is 1. The van der Waals surface area contributed by atoms with E-state index in [9.17, 15) is 9.59 Å². The van der Waals surface area contributed by atoms with Gasteiger partial charge >= 0.3 is 11.9 Å². The van der Waals surface area contributed by atoms with Crippen LogP contribution in [0.3, 0.4) is 0 Å². The van der Waals surface area contributed by atoms with E-state index in [4.69, 9.17) is 4.74 Å². The van der Waals surface area contributed by atoms with E-state index in [1.54, 1.807) is 42.5 Å². The smallest absolute Gasteiger partial charge is 0.346 e. The molecule has 0 amide bonds. The Balaban J connectivity index is 2.16. The molecule has 0 N–H and O–H groups in total. The van der Waals surface area contributed by atoms with Crippen LogP contribution in [-0.4, -0.2) is 17.2 Å². The van der Waals surface area contributed by atoms with Crippen molar-refractivity contribution in [3.05, 3.63) is 71.3 Å². The van der Waals surface area contributed by atoms with Crippen LogP contribution in [0.2, 0.25) is 0 Å². The van der Waals surface area contributed by atoms with Gasteiger partial charge in [-0.25, -0.2) is 9.59 Å². The first-order chi connectivity index (χ1) is 10.1. The molecule has 0 saturated carbocycles. The van der Waals surface area contributed by atoms with E-state index < -0.39 is 11.9 Å². The average Bonchev–Trinajstić information content (AvgIpc) is 2.48. The van der Waals surface area contributed by atoms with E-state index in [2.05, 4.69) is 12.6 Å². The van der Waals surface area contributed by atoms with Gasteiger partial charge < -0.3 is 4.74 Å². The maximum Gasteiger partial charge on any atom is 0.346 e. The predicted molar refractivity (Wildman–Crippen MR) is 84.8 cm³/mol. The number of benzene rings is 2. The molecule has 0 aliphatic rings. The molecule has 1 atom stereocenters. The number of rotatable bonds is 4. The maximum absolute atomic E-state index is 12.2. The van der Waals surface area contributed by atoms with Crippen molar-refractivity contribution in [2.45, 2.75) is 18.6 Å². The summed E-state index contributed by atoms with van der Waals surface area (Å²) in [5.74, 6) is -1.28. The highest BCUT2D eigenvalue weighted by Crippen LogP contribution is 2.15. The van der Waals surface area contributed by atoms with Crippen molar-refractivity contribution >= 4 is 24.6 Å². The van der Waals surface area contributed by atoms with Gasteiger partial charge in [0.1, 0.15) is 0 Å². The SMILES string of the molecule is CC(S)Cc1ccccc1C(=O)OC(=O)c1ccccc1. The Bertz CT molecular complexity index is 635. The van der Waals surface area contributed by atoms with Gasteiger partial charge in [0.2, 0.25) is 0 Å². The number of thiol groups is 1. The Morgan fingerprint density at radius 1 is 1.00 bits per heavy atom. The predicted octanol–water partition coefficient (Wildman–Crippen LogP) is 3.54. The summed E-state index contributed by atoms with van der Waals surface area (Å²) >= 11 is 4.33. The minimum Gasteiger partial charge on any atom is -0.386 e. The van der Waals surface area contributed by atoms with Gasteiger partial charge in [-0.05, 0) is 30.2 Å². The molecule has 3 nitrogen and oxygen atoms in total. The van der Waals surface area contributed by atoms with Crippen LogP contribution in [0.5, 0.6) is 0 Å². The van der Waals surface area contributed by atoms with Crippen molar-refractivity contribution in [3.63, 3.8) is 0 Å². The van der Waals surface area contributed by atoms with Crippen molar-refractivity contribution in [3.8, 4) is 0 Å². The fourth-order valence-corrected chi connectivity index (χ4v) is 2.18. The van der Waals surface area contributed by atoms with Gasteiger partial charge in [-0.3, -0.25) is 0 Å². The van der Waals surface area contributed by atoms with Gasteiger partial charge in [0.05, 0.1) is 11.1 Å². The zero-order valence-electron chi connectivity index (χ0n) is 11.7. The van der Waals surface area contributed by atoms with Crippen LogP contribution in [0, 0.1) is 0 Å². The fraction of sp³-hybridized carbons (Fsp3) is 0.176. The molecule has 108 valence electrons. The number of esters is 2. The highest BCUT2D eigenvalue weighted by atomic mass is 32.1. The summed E-state index contributed by atoms with van der Waals surface area (Å²) < 4.78 is 4.94. The van der Waals surface area contributed by atoms with Crippen LogP contribution < -0.4 is 0 Å². The van der Waals surface area contributed by atoms with Crippen molar-refractivity contribution in [2.24, 2.45) is 0 Å². The second-order valence-electron chi connectivity index (χ2n) is 4.75. The van der Waals surface area contributed by atoms with Crippen molar-refractivity contribution < 1.29 is 14.3 Å². The first-order valence-electron chi connectivity index (χ1n) is 6.65. The lowest BCUT2D eigenvalue weighted by molar-refractivity contribution is 0.0397. The Hall–Kier alpha value is -2.07. The lowest BCUT2D eigenvalue weighted by atomic mass is 10.0. The molecule has 0 radical (unpaired) electrons. The van der Waals surface area contributed by atoms with Crippen LogP contribution in [0.15, 0.2) is 54.6 Å². The zero-order chi connectivity index (χ0) is 15.2. The van der Waals surface area contributed by atoms with E-state index in [1.807, 2.05) is 19.1 Å². The van der Waals surface area contributed by atoms with Gasteiger partial charge in [-0.1, -0.05) is 43.3 Å². The number of carbonyl (C=O) groups excluding carboxylic acids is 2. The second-order valence-corrected chi connectivity index (χ2v) is 5.63. The molecule has 0 aromatic heterocycles. The Morgan fingerprint density at radius 3 is 2.29 bits per heavy atom. The Kier molecular flexibility index (Phi) is 5.17. The summed E-state index contributed by atoms with van der Waals surface area (Å²) in [5, 5.41) is 0.115. The molecule has 0 spiro atoms. The minimum atomic E-state index is -0.644. The van der Waals surface area contributed by atoms with E-state index in [-0.39, 0.29) is 5.25 Å². The van der Waals surface area contributed by atoms with Crippen molar-refractivity contribution in [1.29, 1.82) is 0 Å². The summed E-state index contributed by atoms with van der Waals surface area (Å²) in [6, 6.07) is 15.5. The van der Waals surface area contributed by atoms with Crippen molar-refractivity contribution in [1.82, 2.24) is 0 Å². The molecular weight excluding hydrogens is 284 g/mol. The van der Waals surface area contributed by atoms with Gasteiger partial charge in [-0.15, -0.1) is 0 Å². The van der Waals surface area contributed by atoms with E-state index in [1.165, 1.54) is 0 Å². The molecular formula is C17H16O3S. The largest absolute Gasteiger partial charge is 0.386 e. The third-order valence-corrected chi connectivity index (χ3v) is 3.13. The first-order valence-corrected chi connectivity index (χ1v) is 7.17. The van der Waals surface area contributed by atoms with E-state index in [0.29, 0.717) is 17.5 Å². The van der Waals surface area contributed by atoms with Crippen molar-refractivity contribution in [2.75, 3.05) is 0 Å². The summed E-state index contributed by atoms with van der Waals surface area (Å²) in [4.78, 5) is 24.1. The number of carbonyl (C=O) groups is 2. The monoisotopic (exact) mass is 300 g/mol. The molecule has 1 unspecified atom stereocenters. The standard InChI is InChI=1S/C17H16O3S/c1-12(21)11-14-9-5-6-10-15(14)17(19)20-16(18)13-7-3-2-4-8-13/h2-10,12,21H,11H2,1H3. The number of hydrogen-bond acceptors (Lipinski definition) is 4. The lowest BCUT2D eigenvalue weighted by Gasteiger charge is -2.10. The molecule has 0 aliphatic heterocycles. The third kappa shape index (κ3) is 4.20. The minimum absolute atomic E-state index is 0.115. The van der Waals surface area contributed by atoms with Crippen LogP contribution in [0.1, 0.15) is 33.2 Å². The molecule has 21 heavy (non-hydrogen) atoms. The van der Waals surface area contributed by atoms with E-state index >= 15 is 0 Å². The van der Waals surface area contributed by atoms with Crippen LogP contribution in [0.4, 0.5) is 0 Å². The molecule has 2 aromatic carbocycles. The number of hydrogen-bond donors (Lipinski definition) is 1. The summed E-state index contributed by atoms with van der Waals surface area (Å²) in [6.45, 7) is 1.94. The van der Waals surface area contributed by atoms with Crippen LogP contribution in [0.25, 0.3) is 0 Å². The molecule has 0 fully saturated rings. The normalized spacial score (nSPS) is 11.7. The molecule has 2 rings (SSSR count). The zero-order valence-corrected chi connectivity index (χ0v) is 12.5. The van der Waals surface area contributed by atoms with Gasteiger partial charge in [0.15, 0.2) is 0 Å². The Morgan fingerprint density at radius 2 is 1.62 bits per heavy atom. The summed E-state index contributed by atoms with van der Waals surface area (Å²) in [7, 11) is 0. The third-order valence-electron chi connectivity index (χ3n) is 2.95. The highest BCUT2D eigenvalue weighted by Gasteiger charge is 2.17. The molecule has 0 saturated heterocycles. The summed E-state index contributed by atoms with van der Waals surface area (Å²) in [6.07, 6.45) is 0.633. The lowest BCUT2D eigenvalue weighted by Crippen LogP contribution is -2.15. The van der Waals surface area contributed by atoms with Crippen LogP contribution in [-0.2, 0) is 11.2 Å². The fourth-order valence-electron chi connectivity index (χ4n) is 1.99. The first kappa shape index (κ1) is 15.3.